The number of ether oxygens (including phenoxy) is 2. The third kappa shape index (κ3) is 8.42. The average Bonchev–Trinajstić information content (AvgIpc) is 3.92. The number of benzene rings is 3. The van der Waals surface area contributed by atoms with Gasteiger partial charge in [-0.2, -0.15) is 4.98 Å². The number of imidazole rings is 1. The van der Waals surface area contributed by atoms with Crippen molar-refractivity contribution in [2.45, 2.75) is 109 Å². The highest BCUT2D eigenvalue weighted by Crippen LogP contribution is 2.38. The summed E-state index contributed by atoms with van der Waals surface area (Å²) in [5.74, 6) is 1.18. The number of likely N-dealkylation sites (tertiary alicyclic amines) is 1. The number of aryl methyl sites for hydroxylation is 1. The zero-order valence-electron chi connectivity index (χ0n) is 33.8. The molecule has 8 rings (SSSR count). The molecule has 4 heterocycles. The van der Waals surface area contributed by atoms with Crippen LogP contribution in [0, 0.1) is 6.92 Å². The van der Waals surface area contributed by atoms with E-state index in [-0.39, 0.29) is 11.6 Å². The molecular weight excluding hydrogens is 801 g/mol. The fourth-order valence-electron chi connectivity index (χ4n) is 8.86. The number of hydrogen-bond acceptors (Lipinski definition) is 8. The molecule has 300 valence electrons. The summed E-state index contributed by atoms with van der Waals surface area (Å²) in [4.78, 5) is 39.1. The van der Waals surface area contributed by atoms with Crippen LogP contribution in [0.3, 0.4) is 0 Å². The van der Waals surface area contributed by atoms with Crippen LogP contribution in [-0.4, -0.2) is 67.4 Å². The molecule has 2 fully saturated rings. The van der Waals surface area contributed by atoms with Gasteiger partial charge < -0.3 is 24.3 Å². The summed E-state index contributed by atoms with van der Waals surface area (Å²) in [5.41, 5.74) is 8.17. The number of aromatic nitrogens is 4. The summed E-state index contributed by atoms with van der Waals surface area (Å²) in [6.07, 6.45) is 6.22. The van der Waals surface area contributed by atoms with Gasteiger partial charge in [-0.05, 0) is 143 Å². The molecule has 0 spiro atoms. The highest BCUT2D eigenvalue weighted by atomic mass is 79.9. The number of carbonyl (C=O) groups is 1. The number of rotatable bonds is 10. The van der Waals surface area contributed by atoms with Gasteiger partial charge in [-0.25, -0.2) is 9.78 Å². The second-order valence-electron chi connectivity index (χ2n) is 17.5. The Kier molecular flexibility index (Phi) is 11.1. The van der Waals surface area contributed by atoms with E-state index in [2.05, 4.69) is 96.4 Å². The van der Waals surface area contributed by atoms with Gasteiger partial charge in [0.15, 0.2) is 0 Å². The van der Waals surface area contributed by atoms with Crippen molar-refractivity contribution >= 4 is 61.1 Å². The van der Waals surface area contributed by atoms with Crippen LogP contribution in [0.5, 0.6) is 0 Å². The second-order valence-corrected chi connectivity index (χ2v) is 19.2. The summed E-state index contributed by atoms with van der Waals surface area (Å²) in [6, 6.07) is 21.1. The lowest BCUT2D eigenvalue weighted by Crippen LogP contribution is -2.45. The van der Waals surface area contributed by atoms with Crippen molar-refractivity contribution in [3.05, 3.63) is 97.8 Å². The molecule has 57 heavy (non-hydrogen) atoms. The van der Waals surface area contributed by atoms with Crippen LogP contribution in [0.1, 0.15) is 108 Å². The lowest BCUT2D eigenvalue weighted by molar-refractivity contribution is -0.0530. The van der Waals surface area contributed by atoms with Gasteiger partial charge in [0.1, 0.15) is 5.60 Å². The van der Waals surface area contributed by atoms with Crippen LogP contribution in [0.4, 0.5) is 4.79 Å². The molecular formula is C45H53BrN6O4S. The topological polar surface area (TPSA) is 103 Å². The smallest absolute Gasteiger partial charge is 0.408 e. The van der Waals surface area contributed by atoms with E-state index in [1.165, 1.54) is 23.9 Å². The molecule has 1 aliphatic carbocycles. The van der Waals surface area contributed by atoms with Gasteiger partial charge in [0.25, 0.3) is 5.56 Å². The fourth-order valence-corrected chi connectivity index (χ4v) is 10.2. The Morgan fingerprint density at radius 1 is 0.965 bits per heavy atom. The van der Waals surface area contributed by atoms with E-state index in [4.69, 9.17) is 14.5 Å². The van der Waals surface area contributed by atoms with Crippen molar-refractivity contribution in [1.29, 1.82) is 0 Å². The number of hydrogen-bond donors (Lipinski definition) is 1. The largest absolute Gasteiger partial charge is 0.444 e. The molecule has 1 saturated heterocycles. The molecule has 1 amide bonds. The van der Waals surface area contributed by atoms with E-state index < -0.39 is 17.3 Å². The molecule has 6 aromatic rings. The number of nitrogens with zero attached hydrogens (tertiary/aromatic N) is 5. The van der Waals surface area contributed by atoms with E-state index in [0.717, 1.165) is 88.3 Å². The lowest BCUT2D eigenvalue weighted by atomic mass is 9.88. The van der Waals surface area contributed by atoms with Crippen LogP contribution in [0.15, 0.2) is 75.4 Å². The Labute approximate surface area is 346 Å². The maximum absolute atomic E-state index is 13.4. The predicted octanol–water partition coefficient (Wildman–Crippen LogP) is 10.4. The van der Waals surface area contributed by atoms with Crippen LogP contribution in [-0.2, 0) is 9.47 Å². The van der Waals surface area contributed by atoms with Crippen LogP contribution >= 0.6 is 27.3 Å². The maximum Gasteiger partial charge on any atom is 0.408 e. The molecule has 1 saturated carbocycles. The van der Waals surface area contributed by atoms with E-state index in [1.54, 1.807) is 11.3 Å². The minimum atomic E-state index is -0.612. The fraction of sp³-hybridized carbons (Fsp3) is 0.467. The standard InChI is InChI=1S/C45H53BrN6O4S/c1-28-40(57-27-47-28)31-16-14-30(15-17-31)35(48-43(54)56-44(2,3)4)25-55-45(5,6)26-50-22-20-29(21-23-50)32-18-19-36-38(24-32)51(33-10-7-8-11-33)42-49-41(53)39-34(46)12-9-13-37(39)52(36)42/h9,12-19,24,27,29,33,35H,7-8,10-11,20-23,25-26H2,1-6H3,(H,48,54)/t35-/m0/s1. The molecule has 2 aliphatic rings. The van der Waals surface area contributed by atoms with Gasteiger partial charge in [0, 0.05) is 17.1 Å². The van der Waals surface area contributed by atoms with Crippen molar-refractivity contribution in [2.75, 3.05) is 26.2 Å². The molecule has 0 bridgehead atoms. The van der Waals surface area contributed by atoms with Crippen molar-refractivity contribution in [1.82, 2.24) is 29.2 Å². The Balaban J connectivity index is 0.965. The summed E-state index contributed by atoms with van der Waals surface area (Å²) in [7, 11) is 0. The molecule has 1 aliphatic heterocycles. The quantitative estimate of drug-likeness (QED) is 0.146. The van der Waals surface area contributed by atoms with Crippen LogP contribution in [0.25, 0.3) is 38.2 Å². The van der Waals surface area contributed by atoms with E-state index in [0.29, 0.717) is 24.0 Å². The third-order valence-corrected chi connectivity index (χ3v) is 13.2. The van der Waals surface area contributed by atoms with Crippen LogP contribution < -0.4 is 10.9 Å². The summed E-state index contributed by atoms with van der Waals surface area (Å²) in [6.45, 7) is 14.9. The molecule has 3 aromatic carbocycles. The minimum absolute atomic E-state index is 0.189. The Morgan fingerprint density at radius 2 is 1.70 bits per heavy atom. The van der Waals surface area contributed by atoms with Crippen LogP contribution in [0.2, 0.25) is 0 Å². The third-order valence-electron chi connectivity index (χ3n) is 11.6. The molecule has 12 heteroatoms. The number of piperidine rings is 1. The Bertz CT molecular complexity index is 2470. The number of carbonyl (C=O) groups excluding carboxylic acids is 1. The minimum Gasteiger partial charge on any atom is -0.444 e. The number of amides is 1. The first-order valence-corrected chi connectivity index (χ1v) is 21.9. The van der Waals surface area contributed by atoms with Crippen molar-refractivity contribution in [3.63, 3.8) is 0 Å². The lowest BCUT2D eigenvalue weighted by Gasteiger charge is -2.38. The van der Waals surface area contributed by atoms with Crippen molar-refractivity contribution < 1.29 is 14.3 Å². The summed E-state index contributed by atoms with van der Waals surface area (Å²) < 4.78 is 17.6. The number of alkyl carbamates (subject to hydrolysis) is 1. The van der Waals surface area contributed by atoms with E-state index in [9.17, 15) is 9.59 Å². The first kappa shape index (κ1) is 39.7. The van der Waals surface area contributed by atoms with Gasteiger partial charge in [-0.1, -0.05) is 49.2 Å². The summed E-state index contributed by atoms with van der Waals surface area (Å²) in [5, 5.41) is 3.70. The molecule has 1 atom stereocenters. The number of nitrogens with one attached hydrogen (secondary N) is 1. The van der Waals surface area contributed by atoms with Gasteiger partial charge in [0.05, 0.1) is 56.3 Å². The van der Waals surface area contributed by atoms with Gasteiger partial charge >= 0.3 is 6.09 Å². The predicted molar refractivity (Wildman–Crippen MR) is 233 cm³/mol. The van der Waals surface area contributed by atoms with Gasteiger partial charge in [-0.15, -0.1) is 11.3 Å². The zero-order valence-corrected chi connectivity index (χ0v) is 36.2. The Hall–Kier alpha value is -4.10. The van der Waals surface area contributed by atoms with Gasteiger partial charge in [-0.3, -0.25) is 9.20 Å². The average molecular weight is 854 g/mol. The van der Waals surface area contributed by atoms with E-state index in [1.807, 2.05) is 51.4 Å². The van der Waals surface area contributed by atoms with E-state index >= 15 is 0 Å². The second kappa shape index (κ2) is 15.9. The zero-order chi connectivity index (χ0) is 40.1. The monoisotopic (exact) mass is 852 g/mol. The first-order valence-electron chi connectivity index (χ1n) is 20.3. The Morgan fingerprint density at radius 3 is 2.39 bits per heavy atom. The molecule has 0 radical (unpaired) electrons. The normalized spacial score (nSPS) is 16.9. The SMILES string of the molecule is Cc1ncsc1-c1ccc([C@H](COC(C)(C)CN2CCC(c3ccc4c(c3)n(C3CCCC3)c3nc(=O)c5c(Br)cccc5n43)CC2)NC(=O)OC(C)(C)C)cc1. The van der Waals surface area contributed by atoms with Crippen molar-refractivity contribution in [3.8, 4) is 10.4 Å². The molecule has 0 unspecified atom stereocenters. The number of halogens is 1. The summed E-state index contributed by atoms with van der Waals surface area (Å²) >= 11 is 5.24. The highest BCUT2D eigenvalue weighted by Gasteiger charge is 2.31. The molecule has 1 N–H and O–H groups in total. The maximum atomic E-state index is 13.4. The molecule has 3 aromatic heterocycles. The number of fused-ring (bicyclic) bond motifs is 5. The first-order chi connectivity index (χ1) is 27.2. The molecule has 10 nitrogen and oxygen atoms in total. The van der Waals surface area contributed by atoms with Crippen molar-refractivity contribution in [2.24, 2.45) is 0 Å². The van der Waals surface area contributed by atoms with Gasteiger partial charge in [0.2, 0.25) is 5.78 Å². The highest BCUT2D eigenvalue weighted by molar-refractivity contribution is 9.10. The number of thiazole rings is 1.